The van der Waals surface area contributed by atoms with E-state index in [1.807, 2.05) is 24.3 Å². The zero-order valence-corrected chi connectivity index (χ0v) is 10.5. The monoisotopic (exact) mass is 253 g/mol. The molecule has 1 aromatic carbocycles. The maximum atomic E-state index is 9.08. The number of aliphatic hydroxyl groups excluding tert-OH is 1. The number of hydrogen-bond acceptors (Lipinski definition) is 4. The predicted molar refractivity (Wildman–Crippen MR) is 75.2 cm³/mol. The Kier molecular flexibility index (Phi) is 3.01. The summed E-state index contributed by atoms with van der Waals surface area (Å²) in [6, 6.07) is 7.93. The summed E-state index contributed by atoms with van der Waals surface area (Å²) in [5.41, 5.74) is 12.0. The quantitative estimate of drug-likeness (QED) is 0.815. The van der Waals surface area contributed by atoms with Crippen molar-refractivity contribution in [1.82, 2.24) is 4.98 Å². The summed E-state index contributed by atoms with van der Waals surface area (Å²) in [6.07, 6.45) is 4.10. The zero-order valence-electron chi connectivity index (χ0n) is 10.5. The molecule has 19 heavy (non-hydrogen) atoms. The number of benzene rings is 1. The van der Waals surface area contributed by atoms with E-state index in [1.165, 1.54) is 0 Å². The van der Waals surface area contributed by atoms with Gasteiger partial charge in [-0.1, -0.05) is 0 Å². The van der Waals surface area contributed by atoms with Gasteiger partial charge in [-0.25, -0.2) is 0 Å². The van der Waals surface area contributed by atoms with Gasteiger partial charge < -0.3 is 10.8 Å². The van der Waals surface area contributed by atoms with E-state index in [0.717, 1.165) is 33.7 Å². The van der Waals surface area contributed by atoms with Crippen molar-refractivity contribution in [2.45, 2.75) is 13.0 Å². The first-order valence-electron chi connectivity index (χ1n) is 6.27. The molecule has 1 aliphatic heterocycles. The number of aliphatic imine (C=N–C) groups is 1. The van der Waals surface area contributed by atoms with Crippen LogP contribution in [0.5, 0.6) is 0 Å². The van der Waals surface area contributed by atoms with E-state index < -0.39 is 0 Å². The Morgan fingerprint density at radius 2 is 2.00 bits per heavy atom. The lowest BCUT2D eigenvalue weighted by atomic mass is 9.96. The highest BCUT2D eigenvalue weighted by Gasteiger charge is 2.19. The molecule has 3 N–H and O–H groups in total. The van der Waals surface area contributed by atoms with Gasteiger partial charge >= 0.3 is 0 Å². The van der Waals surface area contributed by atoms with E-state index in [4.69, 9.17) is 10.8 Å². The normalized spacial score (nSPS) is 13.2. The summed E-state index contributed by atoms with van der Waals surface area (Å²) >= 11 is 0. The van der Waals surface area contributed by atoms with E-state index in [9.17, 15) is 0 Å². The lowest BCUT2D eigenvalue weighted by Crippen LogP contribution is -2.05. The van der Waals surface area contributed by atoms with Gasteiger partial charge in [-0.05, 0) is 41.8 Å². The van der Waals surface area contributed by atoms with Crippen molar-refractivity contribution in [3.8, 4) is 0 Å². The van der Waals surface area contributed by atoms with Crippen LogP contribution in [-0.2, 0) is 13.0 Å². The fourth-order valence-corrected chi connectivity index (χ4v) is 2.40. The molecule has 0 aliphatic carbocycles. The second-order valence-corrected chi connectivity index (χ2v) is 4.58. The number of aromatic nitrogens is 1. The third kappa shape index (κ3) is 2.11. The van der Waals surface area contributed by atoms with Crippen LogP contribution in [0.4, 0.5) is 5.69 Å². The van der Waals surface area contributed by atoms with Gasteiger partial charge in [0.1, 0.15) is 0 Å². The lowest BCUT2D eigenvalue weighted by Gasteiger charge is -2.09. The van der Waals surface area contributed by atoms with Gasteiger partial charge in [0.2, 0.25) is 0 Å². The maximum Gasteiger partial charge on any atom is 0.0727 e. The van der Waals surface area contributed by atoms with Crippen LogP contribution in [0.25, 0.3) is 0 Å². The molecule has 0 amide bonds. The minimum Gasteiger partial charge on any atom is -0.398 e. The van der Waals surface area contributed by atoms with E-state index in [0.29, 0.717) is 13.0 Å². The molecule has 2 heterocycles. The average Bonchev–Trinajstić information content (AvgIpc) is 2.83. The van der Waals surface area contributed by atoms with Crippen LogP contribution < -0.4 is 5.73 Å². The van der Waals surface area contributed by atoms with Crippen LogP contribution in [0, 0.1) is 0 Å². The number of rotatable bonds is 3. The molecule has 0 spiro atoms. The minimum absolute atomic E-state index is 0.102. The summed E-state index contributed by atoms with van der Waals surface area (Å²) in [4.78, 5) is 8.61. The smallest absolute Gasteiger partial charge is 0.0727 e. The second-order valence-electron chi connectivity index (χ2n) is 4.58. The molecule has 96 valence electrons. The van der Waals surface area contributed by atoms with Crippen LogP contribution in [0.2, 0.25) is 0 Å². The first kappa shape index (κ1) is 11.9. The Hall–Kier alpha value is -2.20. The summed E-state index contributed by atoms with van der Waals surface area (Å²) in [6.45, 7) is 0.765. The number of nitrogens with zero attached hydrogens (tertiary/aromatic N) is 2. The first-order chi connectivity index (χ1) is 9.29. The largest absolute Gasteiger partial charge is 0.398 e. The van der Waals surface area contributed by atoms with Crippen molar-refractivity contribution in [1.29, 1.82) is 0 Å². The number of fused-ring (bicyclic) bond motifs is 1. The molecule has 0 atom stereocenters. The molecular weight excluding hydrogens is 238 g/mol. The van der Waals surface area contributed by atoms with E-state index in [2.05, 4.69) is 9.98 Å². The van der Waals surface area contributed by atoms with Gasteiger partial charge in [-0.2, -0.15) is 0 Å². The summed E-state index contributed by atoms with van der Waals surface area (Å²) in [5, 5.41) is 9.08. The zero-order chi connectivity index (χ0) is 13.2. The highest BCUT2D eigenvalue weighted by atomic mass is 16.2. The number of nitrogen functional groups attached to an aromatic ring is 1. The Bertz CT molecular complexity index is 635. The fourth-order valence-electron chi connectivity index (χ4n) is 2.40. The van der Waals surface area contributed by atoms with Crippen LogP contribution >= 0.6 is 0 Å². The van der Waals surface area contributed by atoms with Crippen LogP contribution in [0.1, 0.15) is 22.3 Å². The third-order valence-corrected chi connectivity index (χ3v) is 3.36. The molecule has 0 saturated heterocycles. The summed E-state index contributed by atoms with van der Waals surface area (Å²) in [5.74, 6) is 0. The maximum absolute atomic E-state index is 9.08. The van der Waals surface area contributed by atoms with Crippen LogP contribution in [0.15, 0.2) is 41.7 Å². The number of pyridine rings is 1. The standard InChI is InChI=1S/C15H15N3O/c16-14-8-12-9-18-15(10-1-4-17-5-2-10)13(12)7-11(14)3-6-19/h1-2,4-5,7-8,19H,3,6,9,16H2. The molecule has 0 saturated carbocycles. The van der Waals surface area contributed by atoms with Crippen molar-refractivity contribution in [2.75, 3.05) is 12.3 Å². The summed E-state index contributed by atoms with van der Waals surface area (Å²) in [7, 11) is 0. The molecule has 1 aliphatic rings. The number of aliphatic hydroxyl groups is 1. The SMILES string of the molecule is Nc1cc2c(cc1CCO)C(c1ccncc1)=NC2. The fraction of sp³-hybridized carbons (Fsp3) is 0.200. The van der Waals surface area contributed by atoms with Gasteiger partial charge in [0.15, 0.2) is 0 Å². The van der Waals surface area contributed by atoms with Crippen molar-refractivity contribution >= 4 is 11.4 Å². The van der Waals surface area contributed by atoms with Gasteiger partial charge in [0.25, 0.3) is 0 Å². The van der Waals surface area contributed by atoms with Crippen molar-refractivity contribution < 1.29 is 5.11 Å². The Morgan fingerprint density at radius 1 is 1.21 bits per heavy atom. The lowest BCUT2D eigenvalue weighted by molar-refractivity contribution is 0.300. The van der Waals surface area contributed by atoms with Gasteiger partial charge in [-0.3, -0.25) is 9.98 Å². The topological polar surface area (TPSA) is 71.5 Å². The first-order valence-corrected chi connectivity index (χ1v) is 6.27. The Balaban J connectivity index is 2.06. The molecule has 0 fully saturated rings. The van der Waals surface area contributed by atoms with E-state index in [1.54, 1.807) is 12.4 Å². The molecular formula is C15H15N3O. The van der Waals surface area contributed by atoms with Gasteiger partial charge in [0.05, 0.1) is 12.3 Å². The minimum atomic E-state index is 0.102. The Labute approximate surface area is 111 Å². The second kappa shape index (κ2) is 4.82. The van der Waals surface area contributed by atoms with Crippen LogP contribution in [-0.4, -0.2) is 22.4 Å². The molecule has 0 unspecified atom stereocenters. The molecule has 0 bridgehead atoms. The molecule has 1 aromatic heterocycles. The van der Waals surface area contributed by atoms with Crippen molar-refractivity contribution in [3.05, 3.63) is 58.9 Å². The number of anilines is 1. The highest BCUT2D eigenvalue weighted by molar-refractivity contribution is 6.15. The molecule has 3 rings (SSSR count). The average molecular weight is 253 g/mol. The van der Waals surface area contributed by atoms with Gasteiger partial charge in [-0.15, -0.1) is 0 Å². The molecule has 4 heteroatoms. The predicted octanol–water partition coefficient (Wildman–Crippen LogP) is 1.55. The van der Waals surface area contributed by atoms with Crippen molar-refractivity contribution in [2.24, 2.45) is 4.99 Å². The van der Waals surface area contributed by atoms with E-state index >= 15 is 0 Å². The highest BCUT2D eigenvalue weighted by Crippen LogP contribution is 2.27. The molecule has 4 nitrogen and oxygen atoms in total. The summed E-state index contributed by atoms with van der Waals surface area (Å²) < 4.78 is 0. The van der Waals surface area contributed by atoms with Gasteiger partial charge in [0, 0.05) is 35.8 Å². The van der Waals surface area contributed by atoms with Crippen LogP contribution in [0.3, 0.4) is 0 Å². The molecule has 2 aromatic rings. The number of nitrogens with two attached hydrogens (primary N) is 1. The third-order valence-electron chi connectivity index (χ3n) is 3.36. The van der Waals surface area contributed by atoms with Crippen molar-refractivity contribution in [3.63, 3.8) is 0 Å². The Morgan fingerprint density at radius 3 is 2.74 bits per heavy atom. The molecule has 0 radical (unpaired) electrons. The number of hydrogen-bond donors (Lipinski definition) is 2. The van der Waals surface area contributed by atoms with E-state index in [-0.39, 0.29) is 6.61 Å².